The Morgan fingerprint density at radius 2 is 2.13 bits per heavy atom. The van der Waals surface area contributed by atoms with E-state index in [1.54, 1.807) is 0 Å². The summed E-state index contributed by atoms with van der Waals surface area (Å²) >= 11 is 1.47. The summed E-state index contributed by atoms with van der Waals surface area (Å²) in [4.78, 5) is 23.2. The maximum atomic E-state index is 12.0. The molecule has 23 heavy (non-hydrogen) atoms. The van der Waals surface area contributed by atoms with Crippen molar-refractivity contribution in [2.24, 2.45) is 0 Å². The molecule has 2 aromatic rings. The van der Waals surface area contributed by atoms with E-state index >= 15 is 0 Å². The van der Waals surface area contributed by atoms with Gasteiger partial charge in [-0.05, 0) is 25.0 Å². The molecular weight excluding hydrogens is 312 g/mol. The molecule has 7 heteroatoms. The quantitative estimate of drug-likeness (QED) is 0.928. The molecule has 1 N–H and O–H groups in total. The molecule has 1 saturated heterocycles. The van der Waals surface area contributed by atoms with Crippen LogP contribution in [-0.4, -0.2) is 48.2 Å². The highest BCUT2D eigenvalue weighted by molar-refractivity contribution is 7.13. The first-order valence-electron chi connectivity index (χ1n) is 7.85. The molecule has 1 aliphatic heterocycles. The number of aromatic nitrogens is 2. The van der Waals surface area contributed by atoms with Gasteiger partial charge in [0.05, 0.1) is 13.2 Å². The van der Waals surface area contributed by atoms with E-state index in [-0.39, 0.29) is 5.91 Å². The van der Waals surface area contributed by atoms with Crippen LogP contribution in [0.3, 0.4) is 0 Å². The van der Waals surface area contributed by atoms with Crippen molar-refractivity contribution in [3.8, 4) is 10.6 Å². The number of hydrogen-bond acceptors (Lipinski definition) is 6. The van der Waals surface area contributed by atoms with Gasteiger partial charge in [-0.1, -0.05) is 0 Å². The second kappa shape index (κ2) is 6.25. The average molecular weight is 330 g/mol. The van der Waals surface area contributed by atoms with Crippen molar-refractivity contribution >= 4 is 23.1 Å². The molecule has 2 fully saturated rings. The maximum absolute atomic E-state index is 12.0. The Morgan fingerprint density at radius 1 is 1.30 bits per heavy atom. The van der Waals surface area contributed by atoms with Crippen molar-refractivity contribution in [1.82, 2.24) is 15.3 Å². The monoisotopic (exact) mass is 330 g/mol. The predicted octanol–water partition coefficient (Wildman–Crippen LogP) is 1.93. The van der Waals surface area contributed by atoms with Crippen LogP contribution in [0.2, 0.25) is 0 Å². The molecule has 0 radical (unpaired) electrons. The molecule has 120 valence electrons. The zero-order valence-corrected chi connectivity index (χ0v) is 13.5. The largest absolute Gasteiger partial charge is 0.378 e. The summed E-state index contributed by atoms with van der Waals surface area (Å²) in [6.45, 7) is 3.23. The van der Waals surface area contributed by atoms with E-state index in [0.717, 1.165) is 55.5 Å². The average Bonchev–Trinajstić information content (AvgIpc) is 3.27. The minimum absolute atomic E-state index is 0.0760. The number of ether oxygens (including phenoxy) is 1. The number of amides is 1. The standard InChI is InChI=1S/C16H18N4O2S/c21-15(18-12-2-3-12)13-10-23-16(19-13)11-1-4-14(17-9-11)20-5-7-22-8-6-20/h1,4,9-10,12H,2-3,5-8H2,(H,18,21). The Labute approximate surface area is 138 Å². The van der Waals surface area contributed by atoms with Gasteiger partial charge in [0, 0.05) is 36.3 Å². The lowest BCUT2D eigenvalue weighted by Crippen LogP contribution is -2.36. The van der Waals surface area contributed by atoms with Gasteiger partial charge in [0.2, 0.25) is 0 Å². The Balaban J connectivity index is 1.47. The molecule has 0 bridgehead atoms. The zero-order valence-electron chi connectivity index (χ0n) is 12.7. The molecule has 1 saturated carbocycles. The van der Waals surface area contributed by atoms with Crippen LogP contribution in [0, 0.1) is 0 Å². The summed E-state index contributed by atoms with van der Waals surface area (Å²) in [5.74, 6) is 0.883. The van der Waals surface area contributed by atoms with Gasteiger partial charge in [0.25, 0.3) is 5.91 Å². The first-order valence-corrected chi connectivity index (χ1v) is 8.73. The van der Waals surface area contributed by atoms with Gasteiger partial charge in [0.15, 0.2) is 0 Å². The normalized spacial score (nSPS) is 18.0. The fraction of sp³-hybridized carbons (Fsp3) is 0.438. The first-order chi connectivity index (χ1) is 11.3. The van der Waals surface area contributed by atoms with Gasteiger partial charge >= 0.3 is 0 Å². The Kier molecular flexibility index (Phi) is 3.97. The summed E-state index contributed by atoms with van der Waals surface area (Å²) in [5.41, 5.74) is 1.44. The van der Waals surface area contributed by atoms with Crippen LogP contribution >= 0.6 is 11.3 Å². The fourth-order valence-corrected chi connectivity index (χ4v) is 3.28. The highest BCUT2D eigenvalue weighted by Gasteiger charge is 2.25. The molecular formula is C16H18N4O2S. The molecule has 6 nitrogen and oxygen atoms in total. The lowest BCUT2D eigenvalue weighted by atomic mass is 10.3. The van der Waals surface area contributed by atoms with Gasteiger partial charge in [-0.15, -0.1) is 11.3 Å². The Bertz CT molecular complexity index is 690. The van der Waals surface area contributed by atoms with Crippen LogP contribution in [0.15, 0.2) is 23.7 Å². The second-order valence-corrected chi connectivity index (χ2v) is 6.65. The maximum Gasteiger partial charge on any atom is 0.270 e. The Morgan fingerprint density at radius 3 is 2.83 bits per heavy atom. The number of nitrogens with one attached hydrogen (secondary N) is 1. The molecule has 1 aliphatic carbocycles. The van der Waals surface area contributed by atoms with Gasteiger partial charge in [-0.25, -0.2) is 9.97 Å². The summed E-state index contributed by atoms with van der Waals surface area (Å²) < 4.78 is 5.36. The number of pyridine rings is 1. The molecule has 1 amide bonds. The first kappa shape index (κ1) is 14.6. The molecule has 2 aromatic heterocycles. The van der Waals surface area contributed by atoms with Crippen molar-refractivity contribution in [2.45, 2.75) is 18.9 Å². The highest BCUT2D eigenvalue weighted by Crippen LogP contribution is 2.26. The van der Waals surface area contributed by atoms with Gasteiger partial charge in [-0.2, -0.15) is 0 Å². The summed E-state index contributed by atoms with van der Waals surface area (Å²) in [6, 6.07) is 4.37. The van der Waals surface area contributed by atoms with E-state index in [9.17, 15) is 4.79 Å². The number of hydrogen-bond donors (Lipinski definition) is 1. The van der Waals surface area contributed by atoms with Gasteiger partial charge in [0.1, 0.15) is 16.5 Å². The minimum Gasteiger partial charge on any atom is -0.378 e. The van der Waals surface area contributed by atoms with E-state index < -0.39 is 0 Å². The van der Waals surface area contributed by atoms with Gasteiger partial charge in [-0.3, -0.25) is 4.79 Å². The second-order valence-electron chi connectivity index (χ2n) is 5.79. The number of carbonyl (C=O) groups excluding carboxylic acids is 1. The molecule has 0 atom stereocenters. The highest BCUT2D eigenvalue weighted by atomic mass is 32.1. The number of nitrogens with zero attached hydrogens (tertiary/aromatic N) is 3. The van der Waals surface area contributed by atoms with Crippen molar-refractivity contribution in [1.29, 1.82) is 0 Å². The molecule has 0 aromatic carbocycles. The van der Waals surface area contributed by atoms with E-state index in [4.69, 9.17) is 4.74 Å². The summed E-state index contributed by atoms with van der Waals surface area (Å²) in [5, 5.41) is 5.59. The van der Waals surface area contributed by atoms with Crippen molar-refractivity contribution < 1.29 is 9.53 Å². The number of carbonyl (C=O) groups is 1. The molecule has 4 rings (SSSR count). The number of rotatable bonds is 4. The molecule has 2 aliphatic rings. The van der Waals surface area contributed by atoms with E-state index in [2.05, 4.69) is 20.2 Å². The number of morpholine rings is 1. The van der Waals surface area contributed by atoms with Gasteiger partial charge < -0.3 is 15.0 Å². The van der Waals surface area contributed by atoms with Crippen molar-refractivity contribution in [3.05, 3.63) is 29.4 Å². The van der Waals surface area contributed by atoms with Crippen molar-refractivity contribution in [2.75, 3.05) is 31.2 Å². The van der Waals surface area contributed by atoms with Crippen molar-refractivity contribution in [3.63, 3.8) is 0 Å². The topological polar surface area (TPSA) is 67.4 Å². The lowest BCUT2D eigenvalue weighted by molar-refractivity contribution is 0.0947. The zero-order chi connectivity index (χ0) is 15.6. The minimum atomic E-state index is -0.0760. The van der Waals surface area contributed by atoms with E-state index in [1.807, 2.05) is 23.7 Å². The Hall–Kier alpha value is -1.99. The number of thiazole rings is 1. The summed E-state index contributed by atoms with van der Waals surface area (Å²) in [7, 11) is 0. The fourth-order valence-electron chi connectivity index (χ4n) is 2.49. The SMILES string of the molecule is O=C(NC1CC1)c1csc(-c2ccc(N3CCOCC3)nc2)n1. The summed E-state index contributed by atoms with van der Waals surface area (Å²) in [6.07, 6.45) is 3.98. The molecule has 0 unspecified atom stereocenters. The lowest BCUT2D eigenvalue weighted by Gasteiger charge is -2.27. The van der Waals surface area contributed by atoms with Crippen LogP contribution in [0.5, 0.6) is 0 Å². The van der Waals surface area contributed by atoms with Crippen LogP contribution in [0.25, 0.3) is 10.6 Å². The van der Waals surface area contributed by atoms with Crippen LogP contribution < -0.4 is 10.2 Å². The van der Waals surface area contributed by atoms with Crippen LogP contribution in [-0.2, 0) is 4.74 Å². The smallest absolute Gasteiger partial charge is 0.270 e. The molecule has 3 heterocycles. The third-order valence-corrected chi connectivity index (χ3v) is 4.87. The van der Waals surface area contributed by atoms with Crippen LogP contribution in [0.1, 0.15) is 23.3 Å². The third kappa shape index (κ3) is 3.35. The third-order valence-electron chi connectivity index (χ3n) is 3.98. The molecule has 0 spiro atoms. The van der Waals surface area contributed by atoms with Crippen LogP contribution in [0.4, 0.5) is 5.82 Å². The number of anilines is 1. The van der Waals surface area contributed by atoms with E-state index in [0.29, 0.717) is 11.7 Å². The van der Waals surface area contributed by atoms with E-state index in [1.165, 1.54) is 11.3 Å². The predicted molar refractivity (Wildman–Crippen MR) is 88.9 cm³/mol.